The van der Waals surface area contributed by atoms with E-state index in [-0.39, 0.29) is 6.04 Å². The van der Waals surface area contributed by atoms with E-state index in [1.807, 2.05) is 55.4 Å². The van der Waals surface area contributed by atoms with Gasteiger partial charge in [-0.3, -0.25) is 4.79 Å². The standard InChI is InChI=1S/C15H19NO2/c1-16(2)13-10-6-7-11-15(13,14(17)18)12-8-4-3-5-9-12/h3-6,8-10,13H,7,11H2,1-2H3,(H,17,18). The molecule has 0 spiro atoms. The topological polar surface area (TPSA) is 40.5 Å². The van der Waals surface area contributed by atoms with E-state index in [1.165, 1.54) is 0 Å². The molecule has 0 aliphatic heterocycles. The summed E-state index contributed by atoms with van der Waals surface area (Å²) >= 11 is 0. The average Bonchev–Trinajstić information content (AvgIpc) is 2.39. The first-order chi connectivity index (χ1) is 8.59. The number of nitrogens with zero attached hydrogens (tertiary/aromatic N) is 1. The van der Waals surface area contributed by atoms with Crippen LogP contribution in [0.4, 0.5) is 0 Å². The highest BCUT2D eigenvalue weighted by atomic mass is 16.4. The summed E-state index contributed by atoms with van der Waals surface area (Å²) in [4.78, 5) is 13.9. The Hall–Kier alpha value is -1.61. The molecule has 2 rings (SSSR count). The first-order valence-corrected chi connectivity index (χ1v) is 6.21. The summed E-state index contributed by atoms with van der Waals surface area (Å²) in [6.07, 6.45) is 5.55. The van der Waals surface area contributed by atoms with Crippen molar-refractivity contribution in [3.63, 3.8) is 0 Å². The number of hydrogen-bond donors (Lipinski definition) is 1. The van der Waals surface area contributed by atoms with Crippen molar-refractivity contribution in [3.05, 3.63) is 48.0 Å². The highest BCUT2D eigenvalue weighted by Gasteiger charge is 2.48. The van der Waals surface area contributed by atoms with E-state index in [0.717, 1.165) is 12.0 Å². The number of carboxylic acid groups (broad SMARTS) is 1. The van der Waals surface area contributed by atoms with Crippen LogP contribution in [0.5, 0.6) is 0 Å². The minimum atomic E-state index is -0.834. The van der Waals surface area contributed by atoms with Crippen molar-refractivity contribution in [2.24, 2.45) is 0 Å². The zero-order valence-corrected chi connectivity index (χ0v) is 10.8. The van der Waals surface area contributed by atoms with Crippen molar-refractivity contribution in [2.75, 3.05) is 14.1 Å². The van der Waals surface area contributed by atoms with Crippen LogP contribution in [-0.4, -0.2) is 36.1 Å². The van der Waals surface area contributed by atoms with Gasteiger partial charge in [-0.1, -0.05) is 42.5 Å². The first kappa shape index (κ1) is 12.8. The van der Waals surface area contributed by atoms with Gasteiger partial charge in [-0.05, 0) is 32.5 Å². The summed E-state index contributed by atoms with van der Waals surface area (Å²) in [6, 6.07) is 9.47. The summed E-state index contributed by atoms with van der Waals surface area (Å²) < 4.78 is 0. The molecule has 3 heteroatoms. The lowest BCUT2D eigenvalue weighted by molar-refractivity contribution is -0.146. The SMILES string of the molecule is CN(C)C1C=CCCC1(C(=O)O)c1ccccc1. The van der Waals surface area contributed by atoms with Gasteiger partial charge in [0.1, 0.15) is 5.41 Å². The van der Waals surface area contributed by atoms with Gasteiger partial charge in [0.25, 0.3) is 0 Å². The van der Waals surface area contributed by atoms with Gasteiger partial charge in [0, 0.05) is 6.04 Å². The van der Waals surface area contributed by atoms with Crippen molar-refractivity contribution in [2.45, 2.75) is 24.3 Å². The zero-order chi connectivity index (χ0) is 13.2. The second-order valence-electron chi connectivity index (χ2n) is 5.02. The predicted octanol–water partition coefficient (Wildman–Crippen LogP) is 2.29. The van der Waals surface area contributed by atoms with Crippen LogP contribution in [0.25, 0.3) is 0 Å². The third kappa shape index (κ3) is 1.95. The fraction of sp³-hybridized carbons (Fsp3) is 0.400. The summed E-state index contributed by atoms with van der Waals surface area (Å²) in [5.74, 6) is -0.739. The van der Waals surface area contributed by atoms with Crippen LogP contribution in [0.3, 0.4) is 0 Å². The predicted molar refractivity (Wildman–Crippen MR) is 71.6 cm³/mol. The summed E-state index contributed by atoms with van der Waals surface area (Å²) in [5, 5.41) is 9.80. The fourth-order valence-electron chi connectivity index (χ4n) is 2.87. The van der Waals surface area contributed by atoms with Gasteiger partial charge in [-0.25, -0.2) is 0 Å². The molecule has 1 aromatic carbocycles. The average molecular weight is 245 g/mol. The van der Waals surface area contributed by atoms with Gasteiger partial charge < -0.3 is 10.0 Å². The number of carboxylic acids is 1. The molecule has 0 heterocycles. The van der Waals surface area contributed by atoms with Gasteiger partial charge in [-0.15, -0.1) is 0 Å². The van der Waals surface area contributed by atoms with Crippen molar-refractivity contribution >= 4 is 5.97 Å². The smallest absolute Gasteiger partial charge is 0.316 e. The summed E-state index contributed by atoms with van der Waals surface area (Å²) in [5.41, 5.74) is 0.0556. The van der Waals surface area contributed by atoms with Gasteiger partial charge in [0.2, 0.25) is 0 Å². The van der Waals surface area contributed by atoms with Crippen molar-refractivity contribution < 1.29 is 9.90 Å². The molecule has 0 fully saturated rings. The Bertz CT molecular complexity index is 453. The Morgan fingerprint density at radius 2 is 2.00 bits per heavy atom. The van der Waals surface area contributed by atoms with Crippen LogP contribution in [0, 0.1) is 0 Å². The van der Waals surface area contributed by atoms with Crippen molar-refractivity contribution in [1.29, 1.82) is 0 Å². The number of allylic oxidation sites excluding steroid dienone is 1. The lowest BCUT2D eigenvalue weighted by atomic mass is 9.68. The minimum absolute atomic E-state index is 0.105. The molecule has 18 heavy (non-hydrogen) atoms. The van der Waals surface area contributed by atoms with E-state index < -0.39 is 11.4 Å². The molecule has 0 aromatic heterocycles. The van der Waals surface area contributed by atoms with Crippen molar-refractivity contribution in [3.8, 4) is 0 Å². The van der Waals surface area contributed by atoms with Crippen LogP contribution in [0.15, 0.2) is 42.5 Å². The summed E-state index contributed by atoms with van der Waals surface area (Å²) in [6.45, 7) is 0. The zero-order valence-electron chi connectivity index (χ0n) is 10.8. The largest absolute Gasteiger partial charge is 0.481 e. The molecule has 2 atom stereocenters. The Balaban J connectivity index is 2.56. The van der Waals surface area contributed by atoms with E-state index in [2.05, 4.69) is 6.08 Å². The normalized spacial score (nSPS) is 27.4. The van der Waals surface area contributed by atoms with Gasteiger partial charge in [0.15, 0.2) is 0 Å². The van der Waals surface area contributed by atoms with Crippen LogP contribution >= 0.6 is 0 Å². The number of aliphatic carboxylic acids is 1. The maximum absolute atomic E-state index is 11.9. The third-order valence-corrected chi connectivity index (χ3v) is 3.76. The van der Waals surface area contributed by atoms with E-state index in [0.29, 0.717) is 6.42 Å². The number of hydrogen-bond acceptors (Lipinski definition) is 2. The van der Waals surface area contributed by atoms with E-state index in [1.54, 1.807) is 0 Å². The number of likely N-dealkylation sites (N-methyl/N-ethyl adjacent to an activating group) is 1. The highest BCUT2D eigenvalue weighted by Crippen LogP contribution is 2.39. The third-order valence-electron chi connectivity index (χ3n) is 3.76. The van der Waals surface area contributed by atoms with Gasteiger partial charge >= 0.3 is 5.97 Å². The van der Waals surface area contributed by atoms with Crippen LogP contribution in [-0.2, 0) is 10.2 Å². The first-order valence-electron chi connectivity index (χ1n) is 6.21. The molecule has 96 valence electrons. The molecular formula is C15H19NO2. The molecule has 2 unspecified atom stereocenters. The molecule has 1 N–H and O–H groups in total. The highest BCUT2D eigenvalue weighted by molar-refractivity contribution is 5.83. The number of benzene rings is 1. The lowest BCUT2D eigenvalue weighted by Gasteiger charge is -2.41. The van der Waals surface area contributed by atoms with Crippen LogP contribution in [0.1, 0.15) is 18.4 Å². The fourth-order valence-corrected chi connectivity index (χ4v) is 2.87. The maximum atomic E-state index is 11.9. The quantitative estimate of drug-likeness (QED) is 0.831. The van der Waals surface area contributed by atoms with Gasteiger partial charge in [-0.2, -0.15) is 0 Å². The van der Waals surface area contributed by atoms with Crippen LogP contribution in [0.2, 0.25) is 0 Å². The molecular weight excluding hydrogens is 226 g/mol. The molecule has 0 saturated carbocycles. The Labute approximate surface area is 108 Å². The maximum Gasteiger partial charge on any atom is 0.316 e. The number of rotatable bonds is 3. The van der Waals surface area contributed by atoms with E-state index in [4.69, 9.17) is 0 Å². The Morgan fingerprint density at radius 3 is 2.56 bits per heavy atom. The molecule has 3 nitrogen and oxygen atoms in total. The monoisotopic (exact) mass is 245 g/mol. The molecule has 0 radical (unpaired) electrons. The molecule has 1 aromatic rings. The molecule has 1 aliphatic carbocycles. The summed E-state index contributed by atoms with van der Waals surface area (Å²) in [7, 11) is 3.86. The Kier molecular flexibility index (Phi) is 3.53. The second-order valence-corrected chi connectivity index (χ2v) is 5.02. The molecule has 0 saturated heterocycles. The molecule has 0 amide bonds. The Morgan fingerprint density at radius 1 is 1.33 bits per heavy atom. The molecule has 0 bridgehead atoms. The van der Waals surface area contributed by atoms with Gasteiger partial charge in [0.05, 0.1) is 0 Å². The van der Waals surface area contributed by atoms with E-state index in [9.17, 15) is 9.90 Å². The van der Waals surface area contributed by atoms with E-state index >= 15 is 0 Å². The second kappa shape index (κ2) is 4.94. The minimum Gasteiger partial charge on any atom is -0.481 e. The van der Waals surface area contributed by atoms with Crippen molar-refractivity contribution in [1.82, 2.24) is 4.90 Å². The lowest BCUT2D eigenvalue weighted by Crippen LogP contribution is -2.53. The molecule has 1 aliphatic rings. The number of carbonyl (C=O) groups is 1. The van der Waals surface area contributed by atoms with Crippen LogP contribution < -0.4 is 0 Å².